The second kappa shape index (κ2) is 2.57. The molecule has 3 unspecified atom stereocenters. The molecule has 0 aromatic rings. The molecular weight excluding hydrogens is 154 g/mol. The Morgan fingerprint density at radius 2 is 2.00 bits per heavy atom. The van der Waals surface area contributed by atoms with E-state index in [2.05, 4.69) is 12.2 Å². The number of carbonyl (C=O) groups is 2. The predicted octanol–water partition coefficient (Wildman–Crippen LogP) is 0.695. The lowest BCUT2D eigenvalue weighted by molar-refractivity contribution is -0.126. The van der Waals surface area contributed by atoms with Crippen LogP contribution in [-0.4, -0.2) is 11.8 Å². The van der Waals surface area contributed by atoms with Crippen molar-refractivity contribution in [3.63, 3.8) is 0 Å². The number of rotatable bonds is 0. The smallest absolute Gasteiger partial charge is 0.230 e. The molecule has 3 atom stereocenters. The molecule has 1 aliphatic carbocycles. The molecule has 2 aliphatic rings. The van der Waals surface area contributed by atoms with Crippen molar-refractivity contribution in [1.82, 2.24) is 5.32 Å². The molecule has 3 nitrogen and oxygen atoms in total. The van der Waals surface area contributed by atoms with Crippen molar-refractivity contribution in [2.75, 3.05) is 0 Å². The third-order valence-corrected chi connectivity index (χ3v) is 3.11. The first-order valence-electron chi connectivity index (χ1n) is 4.55. The van der Waals surface area contributed by atoms with Gasteiger partial charge in [0.15, 0.2) is 0 Å². The molecule has 12 heavy (non-hydrogen) atoms. The van der Waals surface area contributed by atoms with Crippen LogP contribution in [0.5, 0.6) is 0 Å². The minimum Gasteiger partial charge on any atom is -0.296 e. The number of nitrogens with one attached hydrogen (secondary N) is 1. The number of carbonyl (C=O) groups excluding carboxylic acids is 2. The zero-order chi connectivity index (χ0) is 8.72. The van der Waals surface area contributed by atoms with Crippen LogP contribution < -0.4 is 5.32 Å². The monoisotopic (exact) mass is 167 g/mol. The van der Waals surface area contributed by atoms with Gasteiger partial charge in [0.25, 0.3) is 0 Å². The third kappa shape index (κ3) is 0.958. The Kier molecular flexibility index (Phi) is 1.67. The first-order valence-corrected chi connectivity index (χ1v) is 4.55. The van der Waals surface area contributed by atoms with E-state index in [4.69, 9.17) is 0 Å². The van der Waals surface area contributed by atoms with Crippen molar-refractivity contribution in [2.45, 2.75) is 26.2 Å². The largest absolute Gasteiger partial charge is 0.296 e. The molecular formula is C9H13NO2. The Morgan fingerprint density at radius 3 is 2.67 bits per heavy atom. The van der Waals surface area contributed by atoms with Gasteiger partial charge in [-0.3, -0.25) is 14.9 Å². The maximum Gasteiger partial charge on any atom is 0.230 e. The predicted molar refractivity (Wildman–Crippen MR) is 43.1 cm³/mol. The number of imide groups is 1. The van der Waals surface area contributed by atoms with Gasteiger partial charge >= 0.3 is 0 Å². The van der Waals surface area contributed by atoms with Crippen molar-refractivity contribution in [3.05, 3.63) is 0 Å². The molecule has 2 fully saturated rings. The van der Waals surface area contributed by atoms with Crippen molar-refractivity contribution < 1.29 is 9.59 Å². The minimum absolute atomic E-state index is 0.0127. The van der Waals surface area contributed by atoms with Gasteiger partial charge in [0.05, 0.1) is 11.8 Å². The maximum atomic E-state index is 11.3. The Hall–Kier alpha value is -0.860. The molecule has 2 rings (SSSR count). The van der Waals surface area contributed by atoms with Crippen molar-refractivity contribution >= 4 is 11.8 Å². The normalized spacial score (nSPS) is 40.9. The summed E-state index contributed by atoms with van der Waals surface area (Å²) in [6.45, 7) is 2.06. The molecule has 0 radical (unpaired) electrons. The molecule has 0 aromatic carbocycles. The molecule has 1 heterocycles. The summed E-state index contributed by atoms with van der Waals surface area (Å²) in [5, 5.41) is 2.41. The summed E-state index contributed by atoms with van der Waals surface area (Å²) in [5.74, 6) is 0.261. The fourth-order valence-electron chi connectivity index (χ4n) is 2.45. The quantitative estimate of drug-likeness (QED) is 0.540. The molecule has 1 saturated heterocycles. The Bertz CT molecular complexity index is 237. The number of hydrogen-bond acceptors (Lipinski definition) is 2. The highest BCUT2D eigenvalue weighted by Gasteiger charge is 2.45. The SMILES string of the molecule is CC1CCCC2C(=O)NC(=O)C12. The number of fused-ring (bicyclic) bond motifs is 1. The molecule has 2 amide bonds. The fraction of sp³-hybridized carbons (Fsp3) is 0.778. The van der Waals surface area contributed by atoms with Crippen LogP contribution in [0, 0.1) is 17.8 Å². The second-order valence-electron chi connectivity index (χ2n) is 3.89. The lowest BCUT2D eigenvalue weighted by Gasteiger charge is -2.27. The van der Waals surface area contributed by atoms with E-state index in [-0.39, 0.29) is 23.7 Å². The van der Waals surface area contributed by atoms with Gasteiger partial charge in [0, 0.05) is 0 Å². The van der Waals surface area contributed by atoms with Crippen LogP contribution in [0.4, 0.5) is 0 Å². The maximum absolute atomic E-state index is 11.3. The van der Waals surface area contributed by atoms with E-state index in [1.165, 1.54) is 0 Å². The lowest BCUT2D eigenvalue weighted by atomic mass is 9.74. The van der Waals surface area contributed by atoms with Gasteiger partial charge in [0.1, 0.15) is 0 Å². The van der Waals surface area contributed by atoms with E-state index in [0.717, 1.165) is 19.3 Å². The van der Waals surface area contributed by atoms with Gasteiger partial charge < -0.3 is 0 Å². The standard InChI is InChI=1S/C9H13NO2/c1-5-3-2-4-6-7(5)9(12)10-8(6)11/h5-7H,2-4H2,1H3,(H,10,11,12). The molecule has 66 valence electrons. The third-order valence-electron chi connectivity index (χ3n) is 3.11. The average Bonchev–Trinajstić information content (AvgIpc) is 2.29. The highest BCUT2D eigenvalue weighted by Crippen LogP contribution is 2.37. The van der Waals surface area contributed by atoms with Crippen molar-refractivity contribution in [2.24, 2.45) is 17.8 Å². The zero-order valence-electron chi connectivity index (χ0n) is 7.17. The van der Waals surface area contributed by atoms with E-state index in [9.17, 15) is 9.59 Å². The molecule has 1 N–H and O–H groups in total. The summed E-state index contributed by atoms with van der Waals surface area (Å²) >= 11 is 0. The summed E-state index contributed by atoms with van der Waals surface area (Å²) < 4.78 is 0. The van der Waals surface area contributed by atoms with Gasteiger partial charge in [-0.2, -0.15) is 0 Å². The summed E-state index contributed by atoms with van der Waals surface area (Å²) in [6.07, 6.45) is 3.07. The molecule has 0 spiro atoms. The highest BCUT2D eigenvalue weighted by atomic mass is 16.2. The summed E-state index contributed by atoms with van der Waals surface area (Å²) in [6, 6.07) is 0. The fourth-order valence-corrected chi connectivity index (χ4v) is 2.45. The van der Waals surface area contributed by atoms with Crippen LogP contribution in [0.1, 0.15) is 26.2 Å². The first kappa shape index (κ1) is 7.77. The van der Waals surface area contributed by atoms with E-state index in [1.54, 1.807) is 0 Å². The van der Waals surface area contributed by atoms with Crippen LogP contribution in [0.3, 0.4) is 0 Å². The summed E-state index contributed by atoms with van der Waals surface area (Å²) in [5.41, 5.74) is 0. The van der Waals surface area contributed by atoms with Gasteiger partial charge in [0.2, 0.25) is 11.8 Å². The van der Waals surface area contributed by atoms with Crippen LogP contribution in [-0.2, 0) is 9.59 Å². The van der Waals surface area contributed by atoms with Crippen molar-refractivity contribution in [3.8, 4) is 0 Å². The number of hydrogen-bond donors (Lipinski definition) is 1. The van der Waals surface area contributed by atoms with E-state index in [0.29, 0.717) is 5.92 Å². The van der Waals surface area contributed by atoms with Gasteiger partial charge in [-0.1, -0.05) is 13.3 Å². The molecule has 0 bridgehead atoms. The molecule has 3 heteroatoms. The Balaban J connectivity index is 2.24. The van der Waals surface area contributed by atoms with E-state index < -0.39 is 0 Å². The Labute approximate surface area is 71.5 Å². The summed E-state index contributed by atoms with van der Waals surface area (Å²) in [4.78, 5) is 22.5. The molecule has 1 saturated carbocycles. The Morgan fingerprint density at radius 1 is 1.25 bits per heavy atom. The van der Waals surface area contributed by atoms with Gasteiger partial charge in [-0.25, -0.2) is 0 Å². The van der Waals surface area contributed by atoms with Crippen LogP contribution in [0.2, 0.25) is 0 Å². The lowest BCUT2D eigenvalue weighted by Crippen LogP contribution is -2.29. The zero-order valence-corrected chi connectivity index (χ0v) is 7.17. The van der Waals surface area contributed by atoms with Crippen molar-refractivity contribution in [1.29, 1.82) is 0 Å². The van der Waals surface area contributed by atoms with Gasteiger partial charge in [-0.05, 0) is 18.8 Å². The van der Waals surface area contributed by atoms with E-state index >= 15 is 0 Å². The first-order chi connectivity index (χ1) is 5.70. The van der Waals surface area contributed by atoms with Gasteiger partial charge in [-0.15, -0.1) is 0 Å². The second-order valence-corrected chi connectivity index (χ2v) is 3.89. The van der Waals surface area contributed by atoms with Crippen LogP contribution >= 0.6 is 0 Å². The van der Waals surface area contributed by atoms with Crippen LogP contribution in [0.25, 0.3) is 0 Å². The molecule has 0 aromatic heterocycles. The van der Waals surface area contributed by atoms with E-state index in [1.807, 2.05) is 0 Å². The number of amides is 2. The molecule has 1 aliphatic heterocycles. The van der Waals surface area contributed by atoms with Crippen LogP contribution in [0.15, 0.2) is 0 Å². The topological polar surface area (TPSA) is 46.2 Å². The highest BCUT2D eigenvalue weighted by molar-refractivity contribution is 6.05. The average molecular weight is 167 g/mol. The minimum atomic E-state index is -0.0449. The summed E-state index contributed by atoms with van der Waals surface area (Å²) in [7, 11) is 0.